The summed E-state index contributed by atoms with van der Waals surface area (Å²) in [6.07, 6.45) is 2.98. The fourth-order valence-electron chi connectivity index (χ4n) is 3.62. The zero-order valence-electron chi connectivity index (χ0n) is 14.0. The summed E-state index contributed by atoms with van der Waals surface area (Å²) < 4.78 is 0. The number of urea groups is 1. The van der Waals surface area contributed by atoms with Gasteiger partial charge in [0, 0.05) is 12.6 Å². The van der Waals surface area contributed by atoms with E-state index in [2.05, 4.69) is 19.2 Å². The monoisotopic (exact) mass is 309 g/mol. The first kappa shape index (κ1) is 16.8. The van der Waals surface area contributed by atoms with Gasteiger partial charge in [0.25, 0.3) is 5.91 Å². The average Bonchev–Trinajstić information content (AvgIpc) is 3.00. The summed E-state index contributed by atoms with van der Waals surface area (Å²) in [5, 5.41) is 2.76. The molecule has 0 unspecified atom stereocenters. The molecule has 6 nitrogen and oxygen atoms in total. The Morgan fingerprint density at radius 1 is 1.27 bits per heavy atom. The predicted molar refractivity (Wildman–Crippen MR) is 83.1 cm³/mol. The summed E-state index contributed by atoms with van der Waals surface area (Å²) in [5.41, 5.74) is -0.834. The first-order valence-electron chi connectivity index (χ1n) is 8.32. The Labute approximate surface area is 132 Å². The lowest BCUT2D eigenvalue weighted by Crippen LogP contribution is -2.47. The molecule has 0 aromatic rings. The van der Waals surface area contributed by atoms with Crippen LogP contribution < -0.4 is 5.32 Å². The summed E-state index contributed by atoms with van der Waals surface area (Å²) in [7, 11) is 0. The van der Waals surface area contributed by atoms with E-state index in [-0.39, 0.29) is 24.4 Å². The highest BCUT2D eigenvalue weighted by Crippen LogP contribution is 2.27. The number of amides is 4. The van der Waals surface area contributed by atoms with Crippen LogP contribution in [-0.2, 0) is 9.59 Å². The minimum atomic E-state index is -0.834. The van der Waals surface area contributed by atoms with Gasteiger partial charge in [-0.3, -0.25) is 14.5 Å². The van der Waals surface area contributed by atoms with Gasteiger partial charge in [0.2, 0.25) is 5.91 Å². The van der Waals surface area contributed by atoms with Crippen molar-refractivity contribution in [3.05, 3.63) is 0 Å². The smallest absolute Gasteiger partial charge is 0.325 e. The van der Waals surface area contributed by atoms with E-state index < -0.39 is 11.6 Å². The highest BCUT2D eigenvalue weighted by Gasteiger charge is 2.49. The molecule has 2 fully saturated rings. The molecule has 0 aromatic carbocycles. The highest BCUT2D eigenvalue weighted by molar-refractivity contribution is 6.09. The predicted octanol–water partition coefficient (Wildman–Crippen LogP) is 1.74. The molecular formula is C16H27N3O3. The van der Waals surface area contributed by atoms with Crippen LogP contribution in [0.5, 0.6) is 0 Å². The molecular weight excluding hydrogens is 282 g/mol. The topological polar surface area (TPSA) is 69.7 Å². The molecule has 1 N–H and O–H groups in total. The molecule has 2 saturated heterocycles. The van der Waals surface area contributed by atoms with E-state index in [0.29, 0.717) is 25.3 Å². The van der Waals surface area contributed by atoms with Crippen LogP contribution in [0, 0.1) is 5.92 Å². The van der Waals surface area contributed by atoms with Crippen LogP contribution in [-0.4, -0.2) is 52.3 Å². The lowest BCUT2D eigenvalue weighted by Gasteiger charge is -2.26. The Morgan fingerprint density at radius 3 is 2.41 bits per heavy atom. The van der Waals surface area contributed by atoms with Crippen molar-refractivity contribution in [2.75, 3.05) is 13.1 Å². The van der Waals surface area contributed by atoms with Crippen LogP contribution in [0.3, 0.4) is 0 Å². The molecule has 0 bridgehead atoms. The second-order valence-corrected chi connectivity index (χ2v) is 6.56. The van der Waals surface area contributed by atoms with Crippen LogP contribution >= 0.6 is 0 Å². The highest BCUT2D eigenvalue weighted by atomic mass is 16.2. The summed E-state index contributed by atoms with van der Waals surface area (Å²) >= 11 is 0. The van der Waals surface area contributed by atoms with Gasteiger partial charge in [-0.2, -0.15) is 0 Å². The number of hydrogen-bond acceptors (Lipinski definition) is 3. The third-order valence-electron chi connectivity index (χ3n) is 5.16. The van der Waals surface area contributed by atoms with Crippen LogP contribution in [0.25, 0.3) is 0 Å². The number of likely N-dealkylation sites (tertiary alicyclic amines) is 1. The van der Waals surface area contributed by atoms with Crippen molar-refractivity contribution in [3.63, 3.8) is 0 Å². The lowest BCUT2D eigenvalue weighted by molar-refractivity contribution is -0.139. The van der Waals surface area contributed by atoms with E-state index in [1.165, 1.54) is 0 Å². The van der Waals surface area contributed by atoms with Gasteiger partial charge < -0.3 is 10.2 Å². The van der Waals surface area contributed by atoms with Gasteiger partial charge in [-0.15, -0.1) is 0 Å². The van der Waals surface area contributed by atoms with Gasteiger partial charge in [0.15, 0.2) is 0 Å². The Morgan fingerprint density at radius 2 is 1.91 bits per heavy atom. The van der Waals surface area contributed by atoms with E-state index in [1.807, 2.05) is 18.7 Å². The number of rotatable bonds is 5. The van der Waals surface area contributed by atoms with Crippen molar-refractivity contribution in [1.29, 1.82) is 0 Å². The van der Waals surface area contributed by atoms with Gasteiger partial charge in [-0.05, 0) is 31.6 Å². The quantitative estimate of drug-likeness (QED) is 0.787. The van der Waals surface area contributed by atoms with Crippen molar-refractivity contribution >= 4 is 17.8 Å². The number of nitrogens with one attached hydrogen (secondary N) is 1. The zero-order valence-corrected chi connectivity index (χ0v) is 14.0. The lowest BCUT2D eigenvalue weighted by atomic mass is 9.93. The summed E-state index contributed by atoms with van der Waals surface area (Å²) in [4.78, 5) is 40.1. The maximum absolute atomic E-state index is 12.5. The standard InChI is InChI=1S/C16H27N3O3/c1-5-12-8-11(4)9-18(12)13(20)10-19-14(21)16(6-2,7-3)17-15(19)22/h11-12H,5-10H2,1-4H3,(H,17,22)/t11-,12+/m1/s1. The van der Waals surface area contributed by atoms with Crippen LogP contribution in [0.1, 0.15) is 53.4 Å². The van der Waals surface area contributed by atoms with Crippen molar-refractivity contribution in [2.24, 2.45) is 5.92 Å². The number of carbonyl (C=O) groups excluding carboxylic acids is 3. The number of nitrogens with zero attached hydrogens (tertiary/aromatic N) is 2. The number of carbonyl (C=O) groups is 3. The summed E-state index contributed by atoms with van der Waals surface area (Å²) in [6, 6.07) is -0.215. The average molecular weight is 309 g/mol. The third-order valence-corrected chi connectivity index (χ3v) is 5.16. The molecule has 2 aliphatic rings. The largest absolute Gasteiger partial charge is 0.338 e. The van der Waals surface area contributed by atoms with Gasteiger partial charge >= 0.3 is 6.03 Å². The number of hydrogen-bond donors (Lipinski definition) is 1. The minimum absolute atomic E-state index is 0.122. The van der Waals surface area contributed by atoms with E-state index in [0.717, 1.165) is 17.7 Å². The molecule has 0 radical (unpaired) electrons. The first-order valence-corrected chi connectivity index (χ1v) is 8.32. The van der Waals surface area contributed by atoms with E-state index in [4.69, 9.17) is 0 Å². The second-order valence-electron chi connectivity index (χ2n) is 6.56. The summed E-state index contributed by atoms with van der Waals surface area (Å²) in [5.74, 6) is 0.0845. The third kappa shape index (κ3) is 2.71. The molecule has 2 aliphatic heterocycles. The molecule has 0 aromatic heterocycles. The molecule has 22 heavy (non-hydrogen) atoms. The normalized spacial score (nSPS) is 27.5. The van der Waals surface area contributed by atoms with Gasteiger partial charge in [0.05, 0.1) is 0 Å². The minimum Gasteiger partial charge on any atom is -0.338 e. The SMILES string of the molecule is CC[C@H]1C[C@@H](C)CN1C(=O)CN1C(=O)NC(CC)(CC)C1=O. The molecule has 124 valence electrons. The van der Waals surface area contributed by atoms with Crippen molar-refractivity contribution in [1.82, 2.24) is 15.1 Å². The summed E-state index contributed by atoms with van der Waals surface area (Å²) in [6.45, 7) is 8.52. The molecule has 0 saturated carbocycles. The second kappa shape index (κ2) is 6.26. The van der Waals surface area contributed by atoms with Crippen molar-refractivity contribution < 1.29 is 14.4 Å². The fourth-order valence-corrected chi connectivity index (χ4v) is 3.62. The van der Waals surface area contributed by atoms with E-state index in [1.54, 1.807) is 0 Å². The van der Waals surface area contributed by atoms with Crippen molar-refractivity contribution in [2.45, 2.75) is 65.0 Å². The van der Waals surface area contributed by atoms with Crippen molar-refractivity contribution in [3.8, 4) is 0 Å². The van der Waals surface area contributed by atoms with E-state index in [9.17, 15) is 14.4 Å². The Hall–Kier alpha value is -1.59. The fraction of sp³-hybridized carbons (Fsp3) is 0.812. The van der Waals surface area contributed by atoms with Crippen LogP contribution in [0.4, 0.5) is 4.79 Å². The molecule has 0 aliphatic carbocycles. The maximum atomic E-state index is 12.5. The first-order chi connectivity index (χ1) is 10.4. The molecule has 6 heteroatoms. The van der Waals surface area contributed by atoms with Gasteiger partial charge in [-0.25, -0.2) is 4.79 Å². The maximum Gasteiger partial charge on any atom is 0.325 e. The Kier molecular flexibility index (Phi) is 4.78. The molecule has 2 heterocycles. The van der Waals surface area contributed by atoms with Gasteiger partial charge in [0.1, 0.15) is 12.1 Å². The van der Waals surface area contributed by atoms with Crippen LogP contribution in [0.2, 0.25) is 0 Å². The van der Waals surface area contributed by atoms with E-state index >= 15 is 0 Å². The Balaban J connectivity index is 2.09. The van der Waals surface area contributed by atoms with Gasteiger partial charge in [-0.1, -0.05) is 27.7 Å². The molecule has 4 amide bonds. The molecule has 0 spiro atoms. The molecule has 2 rings (SSSR count). The zero-order chi connectivity index (χ0) is 16.5. The molecule has 2 atom stereocenters. The Bertz CT molecular complexity index is 473. The van der Waals surface area contributed by atoms with Crippen LogP contribution in [0.15, 0.2) is 0 Å². The number of imide groups is 1.